The summed E-state index contributed by atoms with van der Waals surface area (Å²) in [6, 6.07) is 8.87. The minimum Gasteiger partial charge on any atom is -0.122 e. The molecule has 0 amide bonds. The van der Waals surface area contributed by atoms with Crippen LogP contribution in [0.3, 0.4) is 0 Å². The second-order valence-electron chi connectivity index (χ2n) is 3.73. The molecule has 0 nitrogen and oxygen atoms in total. The number of hydrogen-bond acceptors (Lipinski definition) is 0. The molecule has 0 bridgehead atoms. The summed E-state index contributed by atoms with van der Waals surface area (Å²) >= 11 is 29.9. The molecule has 0 N–H and O–H groups in total. The standard InChI is InChI=1S/C13H7Cl5/c14-6-7-1-8(3-9(15)2-7)10-4-12(17)13(18)5-11(10)16/h1-5H,6H2. The highest BCUT2D eigenvalue weighted by molar-refractivity contribution is 6.44. The molecule has 5 heteroatoms. The maximum atomic E-state index is 6.16. The van der Waals surface area contributed by atoms with Crippen LogP contribution in [0.1, 0.15) is 5.56 Å². The molecule has 0 aliphatic heterocycles. The van der Waals surface area contributed by atoms with E-state index in [0.29, 0.717) is 26.0 Å². The molecule has 94 valence electrons. The van der Waals surface area contributed by atoms with Crippen molar-refractivity contribution in [1.82, 2.24) is 0 Å². The van der Waals surface area contributed by atoms with Crippen molar-refractivity contribution in [3.8, 4) is 11.1 Å². The Morgan fingerprint density at radius 1 is 0.722 bits per heavy atom. The number of benzene rings is 2. The van der Waals surface area contributed by atoms with Crippen molar-refractivity contribution in [1.29, 1.82) is 0 Å². The Morgan fingerprint density at radius 2 is 1.39 bits per heavy atom. The van der Waals surface area contributed by atoms with Crippen molar-refractivity contribution < 1.29 is 0 Å². The monoisotopic (exact) mass is 338 g/mol. The topological polar surface area (TPSA) is 0 Å². The van der Waals surface area contributed by atoms with Gasteiger partial charge in [0.25, 0.3) is 0 Å². The van der Waals surface area contributed by atoms with Crippen LogP contribution in [0.15, 0.2) is 30.3 Å². The fourth-order valence-corrected chi connectivity index (χ4v) is 2.69. The zero-order valence-corrected chi connectivity index (χ0v) is 12.8. The largest absolute Gasteiger partial charge is 0.122 e. The van der Waals surface area contributed by atoms with Crippen LogP contribution in [-0.2, 0) is 5.88 Å². The van der Waals surface area contributed by atoms with Gasteiger partial charge in [-0.05, 0) is 41.5 Å². The lowest BCUT2D eigenvalue weighted by atomic mass is 10.0. The molecule has 18 heavy (non-hydrogen) atoms. The second kappa shape index (κ2) is 5.90. The van der Waals surface area contributed by atoms with Gasteiger partial charge in [0.15, 0.2) is 0 Å². The Balaban J connectivity index is 2.61. The van der Waals surface area contributed by atoms with Crippen LogP contribution in [0.25, 0.3) is 11.1 Å². The van der Waals surface area contributed by atoms with Gasteiger partial charge in [0, 0.05) is 21.5 Å². The van der Waals surface area contributed by atoms with Crippen LogP contribution in [0.5, 0.6) is 0 Å². The van der Waals surface area contributed by atoms with E-state index in [-0.39, 0.29) is 0 Å². The van der Waals surface area contributed by atoms with Crippen molar-refractivity contribution in [2.45, 2.75) is 5.88 Å². The smallest absolute Gasteiger partial charge is 0.0607 e. The third-order valence-corrected chi connectivity index (χ3v) is 3.99. The van der Waals surface area contributed by atoms with Gasteiger partial charge in [-0.1, -0.05) is 46.4 Å². The molecular weight excluding hydrogens is 333 g/mol. The lowest BCUT2D eigenvalue weighted by Crippen LogP contribution is -1.85. The Kier molecular flexibility index (Phi) is 4.69. The SMILES string of the molecule is ClCc1cc(Cl)cc(-c2cc(Cl)c(Cl)cc2Cl)c1. The summed E-state index contributed by atoms with van der Waals surface area (Å²) < 4.78 is 0. The zero-order chi connectivity index (χ0) is 13.3. The van der Waals surface area contributed by atoms with Crippen molar-refractivity contribution in [3.63, 3.8) is 0 Å². The quantitative estimate of drug-likeness (QED) is 0.421. The normalized spacial score (nSPS) is 10.7. The van der Waals surface area contributed by atoms with Crippen LogP contribution in [0, 0.1) is 0 Å². The molecule has 0 unspecified atom stereocenters. The first kappa shape index (κ1) is 14.3. The first-order valence-corrected chi connectivity index (χ1v) is 7.06. The third-order valence-electron chi connectivity index (χ3n) is 2.43. The minimum absolute atomic E-state index is 0.381. The van der Waals surface area contributed by atoms with Gasteiger partial charge in [0.05, 0.1) is 10.0 Å². The van der Waals surface area contributed by atoms with Gasteiger partial charge in [-0.2, -0.15) is 0 Å². The molecule has 0 saturated carbocycles. The average molecular weight is 340 g/mol. The predicted octanol–water partition coefficient (Wildman–Crippen LogP) is 6.71. The summed E-state index contributed by atoms with van der Waals surface area (Å²) in [4.78, 5) is 0. The molecule has 2 aromatic carbocycles. The molecule has 0 aliphatic carbocycles. The molecule has 2 rings (SSSR count). The van der Waals surface area contributed by atoms with Gasteiger partial charge in [0.2, 0.25) is 0 Å². The zero-order valence-electron chi connectivity index (χ0n) is 8.98. The summed E-state index contributed by atoms with van der Waals surface area (Å²) in [6.45, 7) is 0. The molecule has 0 radical (unpaired) electrons. The van der Waals surface area contributed by atoms with Gasteiger partial charge in [0.1, 0.15) is 0 Å². The fraction of sp³-hybridized carbons (Fsp3) is 0.0769. The third kappa shape index (κ3) is 3.07. The molecule has 0 fully saturated rings. The highest BCUT2D eigenvalue weighted by Crippen LogP contribution is 2.36. The van der Waals surface area contributed by atoms with E-state index in [9.17, 15) is 0 Å². The second-order valence-corrected chi connectivity index (χ2v) is 5.65. The van der Waals surface area contributed by atoms with Crippen LogP contribution in [0.2, 0.25) is 20.1 Å². The van der Waals surface area contributed by atoms with E-state index in [1.165, 1.54) is 0 Å². The molecule has 0 atom stereocenters. The fourth-order valence-electron chi connectivity index (χ4n) is 1.63. The Morgan fingerprint density at radius 3 is 2.06 bits per heavy atom. The number of alkyl halides is 1. The molecule has 2 aromatic rings. The van der Waals surface area contributed by atoms with Crippen molar-refractivity contribution in [3.05, 3.63) is 56.0 Å². The predicted molar refractivity (Wildman–Crippen MR) is 81.5 cm³/mol. The van der Waals surface area contributed by atoms with E-state index < -0.39 is 0 Å². The number of halogens is 5. The summed E-state index contributed by atoms with van der Waals surface area (Å²) in [5.74, 6) is 0.381. The first-order chi connectivity index (χ1) is 8.51. The Labute approximate surface area is 130 Å². The van der Waals surface area contributed by atoms with Gasteiger partial charge in [-0.15, -0.1) is 11.6 Å². The molecule has 0 spiro atoms. The first-order valence-electron chi connectivity index (χ1n) is 5.01. The molecule has 0 aliphatic rings. The van der Waals surface area contributed by atoms with E-state index in [0.717, 1.165) is 16.7 Å². The van der Waals surface area contributed by atoms with Crippen LogP contribution < -0.4 is 0 Å². The van der Waals surface area contributed by atoms with Gasteiger partial charge >= 0.3 is 0 Å². The van der Waals surface area contributed by atoms with Crippen molar-refractivity contribution in [2.75, 3.05) is 0 Å². The van der Waals surface area contributed by atoms with E-state index in [1.807, 2.05) is 18.2 Å². The summed E-state index contributed by atoms with van der Waals surface area (Å²) in [6.07, 6.45) is 0. The summed E-state index contributed by atoms with van der Waals surface area (Å²) in [5, 5.41) is 1.99. The van der Waals surface area contributed by atoms with Crippen LogP contribution in [-0.4, -0.2) is 0 Å². The molecule has 0 saturated heterocycles. The maximum absolute atomic E-state index is 6.16. The highest BCUT2D eigenvalue weighted by Gasteiger charge is 2.09. The van der Waals surface area contributed by atoms with E-state index in [2.05, 4.69) is 0 Å². The van der Waals surface area contributed by atoms with Crippen molar-refractivity contribution >= 4 is 58.0 Å². The maximum Gasteiger partial charge on any atom is 0.0607 e. The average Bonchev–Trinajstić information content (AvgIpc) is 2.33. The van der Waals surface area contributed by atoms with Gasteiger partial charge < -0.3 is 0 Å². The van der Waals surface area contributed by atoms with Crippen LogP contribution >= 0.6 is 58.0 Å². The van der Waals surface area contributed by atoms with Gasteiger partial charge in [-0.3, -0.25) is 0 Å². The van der Waals surface area contributed by atoms with E-state index in [1.54, 1.807) is 12.1 Å². The Hall–Kier alpha value is -0.110. The number of hydrogen-bond donors (Lipinski definition) is 0. The summed E-state index contributed by atoms with van der Waals surface area (Å²) in [5.41, 5.74) is 2.56. The summed E-state index contributed by atoms with van der Waals surface area (Å²) in [7, 11) is 0. The lowest BCUT2D eigenvalue weighted by molar-refractivity contribution is 1.40. The lowest BCUT2D eigenvalue weighted by Gasteiger charge is -2.09. The highest BCUT2D eigenvalue weighted by atomic mass is 35.5. The van der Waals surface area contributed by atoms with Crippen molar-refractivity contribution in [2.24, 2.45) is 0 Å². The van der Waals surface area contributed by atoms with Gasteiger partial charge in [-0.25, -0.2) is 0 Å². The minimum atomic E-state index is 0.381. The Bertz CT molecular complexity index is 592. The van der Waals surface area contributed by atoms with E-state index in [4.69, 9.17) is 58.0 Å². The number of rotatable bonds is 2. The molecular formula is C13H7Cl5. The van der Waals surface area contributed by atoms with Crippen LogP contribution in [0.4, 0.5) is 0 Å². The molecule has 0 aromatic heterocycles. The molecule has 0 heterocycles. The van der Waals surface area contributed by atoms with E-state index >= 15 is 0 Å².